The first kappa shape index (κ1) is 16.0. The van der Waals surface area contributed by atoms with Gasteiger partial charge in [-0.3, -0.25) is 0 Å². The Bertz CT molecular complexity index is 300. The Morgan fingerprint density at radius 2 is 1.76 bits per heavy atom. The lowest BCUT2D eigenvalue weighted by molar-refractivity contribution is -0.271. The highest BCUT2D eigenvalue weighted by Crippen LogP contribution is 2.41. The third-order valence-corrected chi connectivity index (χ3v) is 2.45. The molecule has 17 heavy (non-hydrogen) atoms. The van der Waals surface area contributed by atoms with Crippen LogP contribution in [0.4, 0.5) is 26.3 Å². The van der Waals surface area contributed by atoms with E-state index in [0.29, 0.717) is 6.92 Å². The summed E-state index contributed by atoms with van der Waals surface area (Å²) in [5, 5.41) is 9.27. The van der Waals surface area contributed by atoms with Gasteiger partial charge in [-0.05, 0) is 13.3 Å². The van der Waals surface area contributed by atoms with Crippen molar-refractivity contribution in [3.05, 3.63) is 24.6 Å². The van der Waals surface area contributed by atoms with E-state index >= 15 is 0 Å². The molecule has 0 saturated heterocycles. The fraction of sp³-hybridized carbons (Fsp3) is 0.600. The van der Waals surface area contributed by atoms with Crippen LogP contribution in [0.15, 0.2) is 24.6 Å². The summed E-state index contributed by atoms with van der Waals surface area (Å²) in [6.07, 6.45) is -8.34. The molecule has 0 aromatic carbocycles. The Balaban J connectivity index is 5.11. The number of hydrogen-bond donors (Lipinski definition) is 1. The molecule has 0 saturated carbocycles. The van der Waals surface area contributed by atoms with Gasteiger partial charge >= 0.3 is 12.3 Å². The lowest BCUT2D eigenvalue weighted by atomic mass is 9.83. The van der Waals surface area contributed by atoms with Crippen molar-refractivity contribution in [2.75, 3.05) is 0 Å². The first-order valence-electron chi connectivity index (χ1n) is 4.63. The predicted molar refractivity (Wildman–Crippen MR) is 49.9 cm³/mol. The molecule has 0 amide bonds. The zero-order valence-corrected chi connectivity index (χ0v) is 8.99. The fourth-order valence-electron chi connectivity index (χ4n) is 1.24. The number of aliphatic hydroxyl groups is 1. The van der Waals surface area contributed by atoms with E-state index in [4.69, 9.17) is 0 Å². The summed E-state index contributed by atoms with van der Waals surface area (Å²) in [7, 11) is 0. The maximum absolute atomic E-state index is 12.6. The Hall–Kier alpha value is -0.980. The van der Waals surface area contributed by atoms with Crippen LogP contribution in [0.5, 0.6) is 0 Å². The zero-order chi connectivity index (χ0) is 13.9. The highest BCUT2D eigenvalue weighted by molar-refractivity contribution is 5.01. The van der Waals surface area contributed by atoms with Crippen LogP contribution in [0.25, 0.3) is 0 Å². The van der Waals surface area contributed by atoms with Crippen molar-refractivity contribution < 1.29 is 31.4 Å². The van der Waals surface area contributed by atoms with E-state index in [0.717, 1.165) is 6.08 Å². The lowest BCUT2D eigenvalue weighted by Crippen LogP contribution is -2.48. The zero-order valence-electron chi connectivity index (χ0n) is 8.99. The summed E-state index contributed by atoms with van der Waals surface area (Å²) in [5.74, 6) is -3.71. The van der Waals surface area contributed by atoms with Gasteiger partial charge < -0.3 is 5.11 Å². The molecule has 7 heteroatoms. The van der Waals surface area contributed by atoms with Gasteiger partial charge in [0.05, 0.1) is 0 Å². The molecule has 1 N–H and O–H groups in total. The van der Waals surface area contributed by atoms with Crippen LogP contribution in [0.2, 0.25) is 0 Å². The lowest BCUT2D eigenvalue weighted by Gasteiger charge is -2.33. The van der Waals surface area contributed by atoms with Gasteiger partial charge in [-0.2, -0.15) is 22.0 Å². The summed E-state index contributed by atoms with van der Waals surface area (Å²) in [6.45, 7) is 3.56. The summed E-state index contributed by atoms with van der Waals surface area (Å²) in [5.41, 5.74) is -3.26. The number of halogens is 6. The van der Waals surface area contributed by atoms with Crippen molar-refractivity contribution in [3.63, 3.8) is 0 Å². The Morgan fingerprint density at radius 3 is 2.06 bits per heavy atom. The number of hydrogen-bond acceptors (Lipinski definition) is 1. The molecule has 0 aromatic heterocycles. The fourth-order valence-corrected chi connectivity index (χ4v) is 1.24. The molecule has 0 aromatic rings. The van der Waals surface area contributed by atoms with Crippen molar-refractivity contribution in [2.45, 2.75) is 31.5 Å². The average molecular weight is 262 g/mol. The average Bonchev–Trinajstić information content (AvgIpc) is 2.14. The molecule has 0 aliphatic heterocycles. The molecule has 2 atom stereocenters. The SMILES string of the molecule is C=CCC(CC(F)=C(F)F)C(C)(O)C(F)(F)F. The van der Waals surface area contributed by atoms with Crippen molar-refractivity contribution in [2.24, 2.45) is 5.92 Å². The van der Waals surface area contributed by atoms with Gasteiger partial charge in [-0.15, -0.1) is 6.58 Å². The molecule has 0 aliphatic carbocycles. The topological polar surface area (TPSA) is 20.2 Å². The van der Waals surface area contributed by atoms with Crippen LogP contribution in [-0.4, -0.2) is 16.9 Å². The summed E-state index contributed by atoms with van der Waals surface area (Å²) < 4.78 is 73.6. The minimum atomic E-state index is -5.03. The van der Waals surface area contributed by atoms with E-state index in [-0.39, 0.29) is 0 Å². The summed E-state index contributed by atoms with van der Waals surface area (Å²) >= 11 is 0. The number of allylic oxidation sites excluding steroid dienone is 2. The quantitative estimate of drug-likeness (QED) is 0.587. The molecule has 0 radical (unpaired) electrons. The molecule has 0 fully saturated rings. The van der Waals surface area contributed by atoms with Crippen molar-refractivity contribution >= 4 is 0 Å². The van der Waals surface area contributed by atoms with Crippen LogP contribution in [0.1, 0.15) is 19.8 Å². The van der Waals surface area contributed by atoms with Crippen LogP contribution >= 0.6 is 0 Å². The third-order valence-electron chi connectivity index (χ3n) is 2.45. The minimum absolute atomic E-state index is 0.421. The van der Waals surface area contributed by atoms with Crippen molar-refractivity contribution in [1.82, 2.24) is 0 Å². The highest BCUT2D eigenvalue weighted by atomic mass is 19.4. The maximum atomic E-state index is 12.6. The first-order chi connectivity index (χ1) is 7.54. The van der Waals surface area contributed by atoms with E-state index < -0.39 is 42.4 Å². The smallest absolute Gasteiger partial charge is 0.380 e. The molecule has 100 valence electrons. The Labute approximate surface area is 94.4 Å². The second-order valence-electron chi connectivity index (χ2n) is 3.74. The first-order valence-corrected chi connectivity index (χ1v) is 4.63. The molecular weight excluding hydrogens is 250 g/mol. The van der Waals surface area contributed by atoms with E-state index in [1.165, 1.54) is 0 Å². The normalized spacial score (nSPS) is 17.2. The van der Waals surface area contributed by atoms with Crippen LogP contribution in [-0.2, 0) is 0 Å². The van der Waals surface area contributed by atoms with Gasteiger partial charge in [0, 0.05) is 12.3 Å². The molecule has 2 unspecified atom stereocenters. The molecule has 1 nitrogen and oxygen atoms in total. The maximum Gasteiger partial charge on any atom is 0.417 e. The monoisotopic (exact) mass is 262 g/mol. The second kappa shape index (κ2) is 5.57. The van der Waals surface area contributed by atoms with Gasteiger partial charge in [0.15, 0.2) is 11.4 Å². The third kappa shape index (κ3) is 4.07. The van der Waals surface area contributed by atoms with E-state index in [9.17, 15) is 31.4 Å². The number of rotatable bonds is 5. The van der Waals surface area contributed by atoms with Gasteiger partial charge in [0.2, 0.25) is 0 Å². The molecule has 0 bridgehead atoms. The Kier molecular flexibility index (Phi) is 5.25. The largest absolute Gasteiger partial charge is 0.417 e. The van der Waals surface area contributed by atoms with E-state index in [2.05, 4.69) is 6.58 Å². The Morgan fingerprint density at radius 1 is 1.29 bits per heavy atom. The standard InChI is InChI=1S/C10H12F6O/c1-3-4-6(5-7(11)8(12)13)9(2,17)10(14,15)16/h3,6,17H,1,4-5H2,2H3. The highest BCUT2D eigenvalue weighted by Gasteiger charge is 2.54. The van der Waals surface area contributed by atoms with Crippen molar-refractivity contribution in [3.8, 4) is 0 Å². The molecule has 0 spiro atoms. The summed E-state index contributed by atoms with van der Waals surface area (Å²) in [6, 6.07) is 0. The molecular formula is C10H12F6O. The van der Waals surface area contributed by atoms with Crippen LogP contribution in [0, 0.1) is 5.92 Å². The van der Waals surface area contributed by atoms with Crippen molar-refractivity contribution in [1.29, 1.82) is 0 Å². The van der Waals surface area contributed by atoms with E-state index in [1.54, 1.807) is 0 Å². The molecule has 0 rings (SSSR count). The minimum Gasteiger partial charge on any atom is -0.380 e. The van der Waals surface area contributed by atoms with Crippen LogP contribution < -0.4 is 0 Å². The molecule has 0 heterocycles. The van der Waals surface area contributed by atoms with E-state index in [1.807, 2.05) is 0 Å². The summed E-state index contributed by atoms with van der Waals surface area (Å²) in [4.78, 5) is 0. The second-order valence-corrected chi connectivity index (χ2v) is 3.74. The number of alkyl halides is 3. The van der Waals surface area contributed by atoms with Gasteiger partial charge in [0.25, 0.3) is 0 Å². The van der Waals surface area contributed by atoms with Crippen LogP contribution in [0.3, 0.4) is 0 Å². The van der Waals surface area contributed by atoms with Gasteiger partial charge in [0.1, 0.15) is 0 Å². The van der Waals surface area contributed by atoms with Gasteiger partial charge in [-0.25, -0.2) is 4.39 Å². The van der Waals surface area contributed by atoms with Gasteiger partial charge in [-0.1, -0.05) is 6.08 Å². The molecule has 0 aliphatic rings. The predicted octanol–water partition coefficient (Wildman–Crippen LogP) is 3.96.